The normalized spacial score (nSPS) is 12.8. The third kappa shape index (κ3) is 9.18. The zero-order valence-corrected chi connectivity index (χ0v) is 45.0. The third-order valence-electron chi connectivity index (χ3n) is 12.5. The average molecular weight is 1140 g/mol. The van der Waals surface area contributed by atoms with Gasteiger partial charge in [0.25, 0.3) is 0 Å². The fraction of sp³-hybridized carbons (Fsp3) is 0.161. The van der Waals surface area contributed by atoms with Crippen LogP contribution in [0.3, 0.4) is 0 Å². The van der Waals surface area contributed by atoms with E-state index in [1.807, 2.05) is 37.4 Å². The molecule has 8 aromatic carbocycles. The summed E-state index contributed by atoms with van der Waals surface area (Å²) in [6.07, 6.45) is 1.86. The molecule has 0 bridgehead atoms. The topological polar surface area (TPSA) is 30.7 Å². The van der Waals surface area contributed by atoms with Crippen molar-refractivity contribution in [2.75, 3.05) is 0 Å². The Bertz CT molecular complexity index is 3790. The van der Waals surface area contributed by atoms with Gasteiger partial charge >= 0.3 is 124 Å². The van der Waals surface area contributed by atoms with Gasteiger partial charge < -0.3 is 4.57 Å². The molecule has 0 saturated carbocycles. The standard InChI is InChI=1S/C45H33N2S.C17H22GeN.Ir/c1-45(2,3)38-23-13-20-34(30-16-8-5-9-17-30)42(38)47-40-27-32-19-11-10-18-31(32)26-39(40)46-44(47)37-22-12-21-36-35-25-24-33(28-41(35)48-43(36)37)29-14-6-4-7-15-29;1-13(2)15-11-17(14-9-7-6-8-10-14)19-12-16(15)18(3,4)5;/h4-21,23-28H,1-3H3;6-9,11-13H,1-5H3;/q2*-1;/i;6D,7D,8D,13D;. The van der Waals surface area contributed by atoms with Gasteiger partial charge in [0.05, 0.1) is 22.5 Å². The fourth-order valence-corrected chi connectivity index (χ4v) is 13.7. The summed E-state index contributed by atoms with van der Waals surface area (Å²) in [7, 11) is 0. The van der Waals surface area contributed by atoms with E-state index in [1.165, 1.54) is 74.9 Å². The second kappa shape index (κ2) is 19.2. The molecule has 0 aliphatic carbocycles. The van der Waals surface area contributed by atoms with Crippen LogP contribution in [0.1, 0.15) is 57.1 Å². The van der Waals surface area contributed by atoms with Crippen LogP contribution in [0.25, 0.3) is 92.6 Å². The van der Waals surface area contributed by atoms with Crippen molar-refractivity contribution < 1.29 is 25.6 Å². The number of rotatable bonds is 7. The third-order valence-corrected chi connectivity index (χ3v) is 17.9. The molecule has 0 spiro atoms. The molecule has 339 valence electrons. The van der Waals surface area contributed by atoms with Crippen molar-refractivity contribution in [2.24, 2.45) is 0 Å². The molecule has 0 unspecified atom stereocenters. The molecule has 3 heterocycles. The Labute approximate surface area is 427 Å². The molecule has 11 aromatic rings. The molecule has 11 rings (SSSR count). The molecule has 0 aliphatic heterocycles. The molecule has 0 fully saturated rings. The molecular formula is C62H55GeIrN3S-2. The minimum absolute atomic E-state index is 0. The van der Waals surface area contributed by atoms with Crippen molar-refractivity contribution in [2.45, 2.75) is 63.2 Å². The molecule has 0 aliphatic rings. The van der Waals surface area contributed by atoms with E-state index in [4.69, 9.17) is 10.5 Å². The van der Waals surface area contributed by atoms with E-state index in [1.54, 1.807) is 0 Å². The molecule has 0 saturated heterocycles. The van der Waals surface area contributed by atoms with Crippen LogP contribution in [-0.4, -0.2) is 27.8 Å². The molecule has 0 atom stereocenters. The first-order chi connectivity index (χ1) is 33.8. The van der Waals surface area contributed by atoms with Crippen LogP contribution < -0.4 is 4.40 Å². The smallest absolute Gasteiger partial charge is 0 e. The van der Waals surface area contributed by atoms with Gasteiger partial charge in [0.2, 0.25) is 0 Å². The van der Waals surface area contributed by atoms with Crippen molar-refractivity contribution >= 4 is 71.0 Å². The summed E-state index contributed by atoms with van der Waals surface area (Å²) in [5.41, 5.74) is 12.3. The Morgan fingerprint density at radius 3 is 2.10 bits per heavy atom. The zero-order valence-electron chi connectivity index (χ0n) is 43.7. The average Bonchev–Trinajstić information content (AvgIpc) is 3.92. The maximum Gasteiger partial charge on any atom is 0 e. The number of fused-ring (bicyclic) bond motifs is 5. The predicted octanol–water partition coefficient (Wildman–Crippen LogP) is 16.9. The van der Waals surface area contributed by atoms with E-state index in [2.05, 4.69) is 205 Å². The number of nitrogens with zero attached hydrogens (tertiary/aromatic N) is 3. The maximum atomic E-state index is 8.46. The minimum Gasteiger partial charge on any atom is 0 e. The van der Waals surface area contributed by atoms with Crippen LogP contribution in [-0.2, 0) is 25.5 Å². The summed E-state index contributed by atoms with van der Waals surface area (Å²) in [6.45, 7) is 10.6. The largest absolute Gasteiger partial charge is 0 e. The minimum atomic E-state index is -2.17. The summed E-state index contributed by atoms with van der Waals surface area (Å²) in [4.78, 5) is 10.00. The van der Waals surface area contributed by atoms with Crippen LogP contribution in [0.4, 0.5) is 0 Å². The summed E-state index contributed by atoms with van der Waals surface area (Å²) < 4.78 is 37.7. The van der Waals surface area contributed by atoms with Gasteiger partial charge in [0.15, 0.2) is 0 Å². The number of benzene rings is 8. The maximum absolute atomic E-state index is 8.46. The summed E-state index contributed by atoms with van der Waals surface area (Å²) in [6, 6.07) is 62.1. The number of pyridine rings is 1. The second-order valence-corrected chi connectivity index (χ2v) is 31.1. The molecule has 1 radical (unpaired) electrons. The van der Waals surface area contributed by atoms with E-state index >= 15 is 0 Å². The van der Waals surface area contributed by atoms with Gasteiger partial charge in [-0.05, 0) is 66.7 Å². The number of aromatic nitrogens is 3. The molecule has 6 heteroatoms. The first-order valence-corrected chi connectivity index (χ1v) is 31.1. The summed E-state index contributed by atoms with van der Waals surface area (Å²) >= 11 is -0.333. The Morgan fingerprint density at radius 1 is 0.706 bits per heavy atom. The Balaban J connectivity index is 0.000000226. The molecule has 68 heavy (non-hydrogen) atoms. The predicted molar refractivity (Wildman–Crippen MR) is 291 cm³/mol. The monoisotopic (exact) mass is 1140 g/mol. The molecule has 3 nitrogen and oxygen atoms in total. The fourth-order valence-electron chi connectivity index (χ4n) is 9.15. The second-order valence-electron chi connectivity index (χ2n) is 19.5. The summed E-state index contributed by atoms with van der Waals surface area (Å²) in [5.74, 6) is 6.99. The van der Waals surface area contributed by atoms with Gasteiger partial charge in [-0.3, -0.25) is 4.98 Å². The molecular weight excluding hydrogens is 1080 g/mol. The van der Waals surface area contributed by atoms with E-state index in [9.17, 15) is 0 Å². The first-order valence-electron chi connectivity index (χ1n) is 24.9. The van der Waals surface area contributed by atoms with Crippen molar-refractivity contribution in [3.8, 4) is 50.6 Å². The first kappa shape index (κ1) is 42.2. The van der Waals surface area contributed by atoms with Crippen LogP contribution in [0.2, 0.25) is 17.3 Å². The van der Waals surface area contributed by atoms with Gasteiger partial charge in [-0.15, -0.1) is 18.2 Å². The Morgan fingerprint density at radius 2 is 1.41 bits per heavy atom. The summed E-state index contributed by atoms with van der Waals surface area (Å²) in [5, 5.41) is 4.88. The van der Waals surface area contributed by atoms with E-state index < -0.39 is 19.2 Å². The SMILES string of the molecule is CC(C)(C)c1cccc(-c2ccccc2)c1-n1c(-c2[c-]ccc3c2sc2cc(-c4ccccc4)ccc23)nc2cc3ccccc3cc21.[2H]c1[c-]c(-c2cc(C([2H])(C)C)[c]([Ge]([CH3])([CH3])[CH3])cn2)cc([2H])c1[2H].[Ir]. The van der Waals surface area contributed by atoms with Gasteiger partial charge in [-0.2, -0.15) is 11.3 Å². The Hall–Kier alpha value is -5.95. The van der Waals surface area contributed by atoms with Gasteiger partial charge in [-0.25, -0.2) is 0 Å². The number of hydrogen-bond donors (Lipinski definition) is 0. The molecule has 0 amide bonds. The number of hydrogen-bond acceptors (Lipinski definition) is 3. The quantitative estimate of drug-likeness (QED) is 0.118. The number of para-hydroxylation sites is 1. The van der Waals surface area contributed by atoms with Crippen LogP contribution in [0.15, 0.2) is 182 Å². The van der Waals surface area contributed by atoms with Gasteiger partial charge in [-0.1, -0.05) is 147 Å². The van der Waals surface area contributed by atoms with E-state index in [0.717, 1.165) is 28.0 Å². The van der Waals surface area contributed by atoms with Crippen molar-refractivity contribution in [3.05, 3.63) is 205 Å². The van der Waals surface area contributed by atoms with E-state index in [0.29, 0.717) is 11.3 Å². The molecule has 3 aromatic heterocycles. The zero-order chi connectivity index (χ0) is 50.0. The number of thiophene rings is 1. The Kier molecular flexibility index (Phi) is 11.9. The van der Waals surface area contributed by atoms with E-state index in [-0.39, 0.29) is 43.6 Å². The van der Waals surface area contributed by atoms with Gasteiger partial charge in [0.1, 0.15) is 0 Å². The van der Waals surface area contributed by atoms with Gasteiger partial charge in [0, 0.05) is 30.4 Å². The number of imidazole rings is 1. The van der Waals surface area contributed by atoms with Crippen molar-refractivity contribution in [1.29, 1.82) is 0 Å². The van der Waals surface area contributed by atoms with Crippen LogP contribution in [0, 0.1) is 12.1 Å². The van der Waals surface area contributed by atoms with Crippen molar-refractivity contribution in [1.82, 2.24) is 14.5 Å². The van der Waals surface area contributed by atoms with Crippen molar-refractivity contribution in [3.63, 3.8) is 0 Å². The van der Waals surface area contributed by atoms with Crippen LogP contribution in [0.5, 0.6) is 0 Å². The van der Waals surface area contributed by atoms with Crippen LogP contribution >= 0.6 is 11.3 Å². The molecule has 0 N–H and O–H groups in total.